The third kappa shape index (κ3) is 2.63. The van der Waals surface area contributed by atoms with E-state index in [0.717, 1.165) is 43.3 Å². The zero-order valence-corrected chi connectivity index (χ0v) is 14.2. The number of hydrogen-bond donors (Lipinski definition) is 0. The molecule has 3 aromatic rings. The van der Waals surface area contributed by atoms with Crippen LogP contribution in [-0.2, 0) is 0 Å². The number of piperazine rings is 1. The van der Waals surface area contributed by atoms with Crippen molar-refractivity contribution in [3.05, 3.63) is 54.1 Å². The second-order valence-electron chi connectivity index (χ2n) is 6.52. The fourth-order valence-corrected chi connectivity index (χ4v) is 3.38. The zero-order valence-electron chi connectivity index (χ0n) is 14.2. The van der Waals surface area contributed by atoms with Crippen LogP contribution in [0, 0.1) is 6.92 Å². The molecule has 1 aromatic heterocycles. The Bertz CT molecular complexity index is 866. The van der Waals surface area contributed by atoms with Crippen molar-refractivity contribution in [2.24, 2.45) is 0 Å². The topological polar surface area (TPSA) is 32.3 Å². The van der Waals surface area contributed by atoms with Crippen molar-refractivity contribution in [1.82, 2.24) is 15.1 Å². The van der Waals surface area contributed by atoms with Gasteiger partial charge in [0.05, 0.1) is 0 Å². The molecule has 2 heterocycles. The predicted molar refractivity (Wildman–Crippen MR) is 99.4 cm³/mol. The van der Waals surface area contributed by atoms with E-state index in [-0.39, 0.29) is 0 Å². The summed E-state index contributed by atoms with van der Waals surface area (Å²) < 4.78 is 0. The quantitative estimate of drug-likeness (QED) is 0.725. The summed E-state index contributed by atoms with van der Waals surface area (Å²) in [6.07, 6.45) is 0. The highest BCUT2D eigenvalue weighted by atomic mass is 15.3. The molecule has 24 heavy (non-hydrogen) atoms. The van der Waals surface area contributed by atoms with Crippen LogP contribution < -0.4 is 4.90 Å². The van der Waals surface area contributed by atoms with Gasteiger partial charge in [0.2, 0.25) is 0 Å². The van der Waals surface area contributed by atoms with Crippen LogP contribution >= 0.6 is 0 Å². The van der Waals surface area contributed by atoms with E-state index in [1.54, 1.807) is 0 Å². The maximum atomic E-state index is 4.63. The first-order chi connectivity index (χ1) is 11.7. The first kappa shape index (κ1) is 15.1. The lowest BCUT2D eigenvalue weighted by molar-refractivity contribution is 0.312. The van der Waals surface area contributed by atoms with E-state index < -0.39 is 0 Å². The molecular formula is C20H22N4. The Kier molecular flexibility index (Phi) is 3.90. The number of aromatic nitrogens is 2. The van der Waals surface area contributed by atoms with E-state index in [1.807, 2.05) is 0 Å². The summed E-state index contributed by atoms with van der Waals surface area (Å²) in [6, 6.07) is 16.9. The molecule has 0 bridgehead atoms. The maximum absolute atomic E-state index is 4.63. The van der Waals surface area contributed by atoms with Gasteiger partial charge in [0.1, 0.15) is 5.69 Å². The molecule has 0 aliphatic carbocycles. The predicted octanol–water partition coefficient (Wildman–Crippen LogP) is 3.36. The number of hydrogen-bond acceptors (Lipinski definition) is 4. The monoisotopic (exact) mass is 318 g/mol. The van der Waals surface area contributed by atoms with Gasteiger partial charge in [-0.3, -0.25) is 0 Å². The van der Waals surface area contributed by atoms with Crippen molar-refractivity contribution in [1.29, 1.82) is 0 Å². The van der Waals surface area contributed by atoms with E-state index in [2.05, 4.69) is 82.5 Å². The summed E-state index contributed by atoms with van der Waals surface area (Å²) in [5, 5.41) is 11.6. The minimum atomic E-state index is 0.974. The lowest BCUT2D eigenvalue weighted by Gasteiger charge is -2.33. The highest BCUT2D eigenvalue weighted by Crippen LogP contribution is 2.32. The normalized spacial score (nSPS) is 15.8. The zero-order chi connectivity index (χ0) is 16.5. The van der Waals surface area contributed by atoms with Crippen molar-refractivity contribution in [3.8, 4) is 11.3 Å². The van der Waals surface area contributed by atoms with Gasteiger partial charge in [0.25, 0.3) is 0 Å². The molecule has 0 saturated carbocycles. The summed E-state index contributed by atoms with van der Waals surface area (Å²) in [5.74, 6) is 1.01. The van der Waals surface area contributed by atoms with Crippen LogP contribution in [0.25, 0.3) is 22.0 Å². The molecule has 2 aromatic carbocycles. The number of benzene rings is 2. The van der Waals surface area contributed by atoms with Gasteiger partial charge >= 0.3 is 0 Å². The van der Waals surface area contributed by atoms with Crippen LogP contribution in [0.4, 0.5) is 5.82 Å². The molecule has 4 nitrogen and oxygen atoms in total. The minimum Gasteiger partial charge on any atom is -0.352 e. The molecule has 4 rings (SSSR count). The van der Waals surface area contributed by atoms with Crippen LogP contribution in [0.15, 0.2) is 48.5 Å². The molecule has 1 aliphatic heterocycles. The summed E-state index contributed by atoms with van der Waals surface area (Å²) in [7, 11) is 2.17. The first-order valence-corrected chi connectivity index (χ1v) is 8.49. The van der Waals surface area contributed by atoms with Gasteiger partial charge in [0.15, 0.2) is 5.82 Å². The lowest BCUT2D eigenvalue weighted by Crippen LogP contribution is -2.45. The number of nitrogens with zero attached hydrogens (tertiary/aromatic N) is 4. The Balaban J connectivity index is 1.85. The number of fused-ring (bicyclic) bond motifs is 1. The van der Waals surface area contributed by atoms with Gasteiger partial charge in [-0.15, -0.1) is 10.2 Å². The SMILES string of the molecule is Cc1ccccc1-c1nnc(N2CCN(C)CC2)c2ccccc12. The van der Waals surface area contributed by atoms with Crippen LogP contribution in [0.3, 0.4) is 0 Å². The fourth-order valence-electron chi connectivity index (χ4n) is 3.38. The van der Waals surface area contributed by atoms with Gasteiger partial charge < -0.3 is 9.80 Å². The fraction of sp³-hybridized carbons (Fsp3) is 0.300. The van der Waals surface area contributed by atoms with Crippen molar-refractivity contribution < 1.29 is 0 Å². The number of anilines is 1. The van der Waals surface area contributed by atoms with Gasteiger partial charge in [-0.05, 0) is 19.5 Å². The van der Waals surface area contributed by atoms with E-state index in [1.165, 1.54) is 16.3 Å². The average Bonchev–Trinajstić information content (AvgIpc) is 2.62. The van der Waals surface area contributed by atoms with E-state index >= 15 is 0 Å². The van der Waals surface area contributed by atoms with Crippen molar-refractivity contribution in [2.45, 2.75) is 6.92 Å². The van der Waals surface area contributed by atoms with Gasteiger partial charge in [-0.1, -0.05) is 48.5 Å². The van der Waals surface area contributed by atoms with Crippen molar-refractivity contribution in [2.75, 3.05) is 38.1 Å². The Morgan fingerprint density at radius 2 is 1.46 bits per heavy atom. The Morgan fingerprint density at radius 3 is 2.21 bits per heavy atom. The Hall–Kier alpha value is -2.46. The molecule has 0 N–H and O–H groups in total. The third-order valence-electron chi connectivity index (χ3n) is 4.87. The van der Waals surface area contributed by atoms with E-state index in [0.29, 0.717) is 0 Å². The smallest absolute Gasteiger partial charge is 0.159 e. The highest BCUT2D eigenvalue weighted by molar-refractivity contribution is 6.00. The molecule has 122 valence electrons. The number of aryl methyl sites for hydroxylation is 1. The second kappa shape index (κ2) is 6.21. The van der Waals surface area contributed by atoms with Crippen LogP contribution in [0.1, 0.15) is 5.56 Å². The molecule has 1 fully saturated rings. The average molecular weight is 318 g/mol. The molecule has 0 spiro atoms. The lowest BCUT2D eigenvalue weighted by atomic mass is 10.0. The largest absolute Gasteiger partial charge is 0.352 e. The van der Waals surface area contributed by atoms with Gasteiger partial charge in [-0.25, -0.2) is 0 Å². The van der Waals surface area contributed by atoms with Crippen LogP contribution in [0.5, 0.6) is 0 Å². The standard InChI is InChI=1S/C20H22N4/c1-15-7-3-4-8-16(15)19-17-9-5-6-10-18(17)20(22-21-19)24-13-11-23(2)12-14-24/h3-10H,11-14H2,1-2H3. The Morgan fingerprint density at radius 1 is 0.792 bits per heavy atom. The number of likely N-dealkylation sites (N-methyl/N-ethyl adjacent to an activating group) is 1. The van der Waals surface area contributed by atoms with Crippen LogP contribution in [0.2, 0.25) is 0 Å². The summed E-state index contributed by atoms with van der Waals surface area (Å²) >= 11 is 0. The summed E-state index contributed by atoms with van der Waals surface area (Å²) in [4.78, 5) is 4.71. The van der Waals surface area contributed by atoms with Crippen LogP contribution in [-0.4, -0.2) is 48.3 Å². The maximum Gasteiger partial charge on any atom is 0.159 e. The summed E-state index contributed by atoms with van der Waals surface area (Å²) in [5.41, 5.74) is 3.36. The van der Waals surface area contributed by atoms with E-state index in [4.69, 9.17) is 0 Å². The highest BCUT2D eigenvalue weighted by Gasteiger charge is 2.20. The van der Waals surface area contributed by atoms with Gasteiger partial charge in [-0.2, -0.15) is 0 Å². The summed E-state index contributed by atoms with van der Waals surface area (Å²) in [6.45, 7) is 6.25. The molecule has 1 aliphatic rings. The molecular weight excluding hydrogens is 296 g/mol. The molecule has 4 heteroatoms. The van der Waals surface area contributed by atoms with Crippen molar-refractivity contribution in [3.63, 3.8) is 0 Å². The molecule has 1 saturated heterocycles. The molecule has 0 amide bonds. The Labute approximate surface area is 142 Å². The van der Waals surface area contributed by atoms with E-state index in [9.17, 15) is 0 Å². The second-order valence-corrected chi connectivity index (χ2v) is 6.52. The third-order valence-corrected chi connectivity index (χ3v) is 4.87. The van der Waals surface area contributed by atoms with Crippen molar-refractivity contribution >= 4 is 16.6 Å². The molecule has 0 unspecified atom stereocenters. The molecule has 0 atom stereocenters. The first-order valence-electron chi connectivity index (χ1n) is 8.49. The van der Waals surface area contributed by atoms with Gasteiger partial charge in [0, 0.05) is 42.5 Å². The number of rotatable bonds is 2. The minimum absolute atomic E-state index is 0.974. The molecule has 0 radical (unpaired) electrons.